The maximum Gasteiger partial charge on any atom is 0.231 e. The maximum atomic E-state index is 11.0. The average Bonchev–Trinajstić information content (AvgIpc) is 2.69. The van der Waals surface area contributed by atoms with Crippen molar-refractivity contribution >= 4 is 11.6 Å². The van der Waals surface area contributed by atoms with Crippen molar-refractivity contribution in [2.24, 2.45) is 5.73 Å². The minimum Gasteiger partial charge on any atom is -0.369 e. The first-order valence-corrected chi connectivity index (χ1v) is 6.01. The van der Waals surface area contributed by atoms with E-state index in [9.17, 15) is 4.79 Å². The van der Waals surface area contributed by atoms with Crippen LogP contribution in [0.15, 0.2) is 30.6 Å². The minimum atomic E-state index is -0.313. The van der Waals surface area contributed by atoms with E-state index in [1.165, 1.54) is 0 Å². The lowest BCUT2D eigenvalue weighted by atomic mass is 10.3. The molecule has 0 radical (unpaired) electrons. The third-order valence-electron chi connectivity index (χ3n) is 2.87. The number of imidazole rings is 1. The van der Waals surface area contributed by atoms with Crippen LogP contribution in [0.1, 0.15) is 19.5 Å². The molecule has 1 amide bonds. The van der Waals surface area contributed by atoms with E-state index in [0.717, 1.165) is 11.3 Å². The monoisotopic (exact) mass is 246 g/mol. The van der Waals surface area contributed by atoms with Gasteiger partial charge in [-0.3, -0.25) is 9.69 Å². The fourth-order valence-corrected chi connectivity index (χ4v) is 1.89. The number of nitrogens with zero attached hydrogens (tertiary/aromatic N) is 3. The zero-order valence-corrected chi connectivity index (χ0v) is 10.7. The maximum absolute atomic E-state index is 11.0. The summed E-state index contributed by atoms with van der Waals surface area (Å²) in [5.74, 6) is -0.313. The molecule has 2 N–H and O–H groups in total. The van der Waals surface area contributed by atoms with Crippen molar-refractivity contribution in [2.75, 3.05) is 6.54 Å². The number of hydrogen-bond acceptors (Lipinski definition) is 3. The highest BCUT2D eigenvalue weighted by molar-refractivity contribution is 5.75. The summed E-state index contributed by atoms with van der Waals surface area (Å²) < 4.78 is 1.97. The number of aromatic nitrogens is 2. The highest BCUT2D eigenvalue weighted by Gasteiger charge is 2.14. The number of fused-ring (bicyclic) bond motifs is 1. The van der Waals surface area contributed by atoms with Crippen LogP contribution in [-0.4, -0.2) is 32.8 Å². The van der Waals surface area contributed by atoms with Gasteiger partial charge in [0.05, 0.1) is 12.2 Å². The summed E-state index contributed by atoms with van der Waals surface area (Å²) in [6.07, 6.45) is 3.94. The van der Waals surface area contributed by atoms with Crippen LogP contribution >= 0.6 is 0 Å². The number of rotatable bonds is 5. The second-order valence-corrected chi connectivity index (χ2v) is 4.66. The summed E-state index contributed by atoms with van der Waals surface area (Å²) in [6, 6.07) is 6.12. The fourth-order valence-electron chi connectivity index (χ4n) is 1.89. The molecule has 0 saturated carbocycles. The normalized spacial score (nSPS) is 11.6. The van der Waals surface area contributed by atoms with Gasteiger partial charge in [-0.15, -0.1) is 0 Å². The van der Waals surface area contributed by atoms with Crippen LogP contribution in [0.5, 0.6) is 0 Å². The lowest BCUT2D eigenvalue weighted by Gasteiger charge is -2.23. The first-order valence-electron chi connectivity index (χ1n) is 6.01. The lowest BCUT2D eigenvalue weighted by molar-refractivity contribution is -0.119. The van der Waals surface area contributed by atoms with Gasteiger partial charge in [-0.05, 0) is 26.0 Å². The minimum absolute atomic E-state index is 0.252. The van der Waals surface area contributed by atoms with Crippen LogP contribution in [-0.2, 0) is 11.3 Å². The lowest BCUT2D eigenvalue weighted by Crippen LogP contribution is -2.38. The van der Waals surface area contributed by atoms with Crippen LogP contribution in [0.3, 0.4) is 0 Å². The van der Waals surface area contributed by atoms with Gasteiger partial charge < -0.3 is 10.1 Å². The number of pyridine rings is 1. The molecular weight excluding hydrogens is 228 g/mol. The van der Waals surface area contributed by atoms with E-state index in [1.807, 2.05) is 53.7 Å². The molecule has 2 heterocycles. The molecule has 0 aromatic carbocycles. The summed E-state index contributed by atoms with van der Waals surface area (Å²) in [4.78, 5) is 17.5. The van der Waals surface area contributed by atoms with Gasteiger partial charge in [0, 0.05) is 25.0 Å². The van der Waals surface area contributed by atoms with Crippen molar-refractivity contribution in [3.8, 4) is 0 Å². The molecule has 0 aliphatic heterocycles. The second kappa shape index (κ2) is 5.18. The van der Waals surface area contributed by atoms with Crippen molar-refractivity contribution in [3.05, 3.63) is 36.3 Å². The Bertz CT molecular complexity index is 514. The van der Waals surface area contributed by atoms with Gasteiger partial charge >= 0.3 is 0 Å². The Morgan fingerprint density at radius 1 is 1.50 bits per heavy atom. The molecule has 0 unspecified atom stereocenters. The van der Waals surface area contributed by atoms with Gasteiger partial charge in [0.25, 0.3) is 0 Å². The smallest absolute Gasteiger partial charge is 0.231 e. The van der Waals surface area contributed by atoms with Gasteiger partial charge in [-0.2, -0.15) is 0 Å². The number of nitrogens with two attached hydrogens (primary N) is 1. The van der Waals surface area contributed by atoms with E-state index in [4.69, 9.17) is 5.73 Å². The summed E-state index contributed by atoms with van der Waals surface area (Å²) in [6.45, 7) is 4.96. The van der Waals surface area contributed by atoms with Gasteiger partial charge in [-0.25, -0.2) is 4.98 Å². The van der Waals surface area contributed by atoms with E-state index in [2.05, 4.69) is 4.98 Å². The molecule has 2 rings (SSSR count). The van der Waals surface area contributed by atoms with E-state index >= 15 is 0 Å². The van der Waals surface area contributed by atoms with Crippen molar-refractivity contribution in [2.45, 2.75) is 26.4 Å². The average molecular weight is 246 g/mol. The molecule has 2 aromatic heterocycles. The highest BCUT2D eigenvalue weighted by Crippen LogP contribution is 2.09. The zero-order valence-electron chi connectivity index (χ0n) is 10.7. The van der Waals surface area contributed by atoms with E-state index in [-0.39, 0.29) is 18.5 Å². The Labute approximate surface area is 106 Å². The van der Waals surface area contributed by atoms with Crippen molar-refractivity contribution in [1.29, 1.82) is 0 Å². The Kier molecular flexibility index (Phi) is 3.62. The van der Waals surface area contributed by atoms with Crippen molar-refractivity contribution in [3.63, 3.8) is 0 Å². The number of primary amides is 1. The topological polar surface area (TPSA) is 63.6 Å². The van der Waals surface area contributed by atoms with Crippen molar-refractivity contribution in [1.82, 2.24) is 14.3 Å². The SMILES string of the molecule is CC(C)N(CC(N)=O)Cc1cn2ccccc2n1. The van der Waals surface area contributed by atoms with Crippen LogP contribution in [0.25, 0.3) is 5.65 Å². The fraction of sp³-hybridized carbons (Fsp3) is 0.385. The quantitative estimate of drug-likeness (QED) is 0.857. The highest BCUT2D eigenvalue weighted by atomic mass is 16.1. The molecule has 0 spiro atoms. The summed E-state index contributed by atoms with van der Waals surface area (Å²) >= 11 is 0. The van der Waals surface area contributed by atoms with Gasteiger partial charge in [-0.1, -0.05) is 6.07 Å². The molecule has 0 fully saturated rings. The van der Waals surface area contributed by atoms with E-state index < -0.39 is 0 Å². The Hall–Kier alpha value is -1.88. The third kappa shape index (κ3) is 2.87. The number of amides is 1. The molecular formula is C13H18N4O. The molecule has 0 aliphatic carbocycles. The molecule has 5 heteroatoms. The number of carbonyl (C=O) groups is 1. The molecule has 2 aromatic rings. The van der Waals surface area contributed by atoms with Crippen LogP contribution < -0.4 is 5.73 Å². The summed E-state index contributed by atoms with van der Waals surface area (Å²) in [5.41, 5.74) is 7.11. The largest absolute Gasteiger partial charge is 0.369 e. The van der Waals surface area contributed by atoms with Gasteiger partial charge in [0.15, 0.2) is 0 Å². The first kappa shape index (κ1) is 12.6. The third-order valence-corrected chi connectivity index (χ3v) is 2.87. The molecule has 5 nitrogen and oxygen atoms in total. The molecule has 18 heavy (non-hydrogen) atoms. The van der Waals surface area contributed by atoms with Gasteiger partial charge in [0.2, 0.25) is 5.91 Å². The molecule has 0 atom stereocenters. The van der Waals surface area contributed by atoms with E-state index in [1.54, 1.807) is 0 Å². The predicted octanol–water partition coefficient (Wildman–Crippen LogP) is 1.03. The Balaban J connectivity index is 2.17. The molecule has 0 bridgehead atoms. The van der Waals surface area contributed by atoms with Crippen LogP contribution in [0.4, 0.5) is 0 Å². The Morgan fingerprint density at radius 3 is 2.89 bits per heavy atom. The standard InChI is InChI=1S/C13H18N4O/c1-10(2)17(9-12(14)18)8-11-7-16-6-4-3-5-13(16)15-11/h3-7,10H,8-9H2,1-2H3,(H2,14,18). The summed E-state index contributed by atoms with van der Waals surface area (Å²) in [5, 5.41) is 0. The van der Waals surface area contributed by atoms with Crippen LogP contribution in [0.2, 0.25) is 0 Å². The molecule has 0 aliphatic rings. The van der Waals surface area contributed by atoms with Gasteiger partial charge in [0.1, 0.15) is 5.65 Å². The van der Waals surface area contributed by atoms with Crippen molar-refractivity contribution < 1.29 is 4.79 Å². The Morgan fingerprint density at radius 2 is 2.28 bits per heavy atom. The first-order chi connectivity index (χ1) is 8.56. The molecule has 0 saturated heterocycles. The second-order valence-electron chi connectivity index (χ2n) is 4.66. The summed E-state index contributed by atoms with van der Waals surface area (Å²) in [7, 11) is 0. The van der Waals surface area contributed by atoms with E-state index in [0.29, 0.717) is 6.54 Å². The number of hydrogen-bond donors (Lipinski definition) is 1. The van der Waals surface area contributed by atoms with Crippen LogP contribution in [0, 0.1) is 0 Å². The molecule has 96 valence electrons. The predicted molar refractivity (Wildman–Crippen MR) is 69.9 cm³/mol. The zero-order chi connectivity index (χ0) is 13.1. The number of carbonyl (C=O) groups excluding carboxylic acids is 1.